The maximum Gasteiger partial charge on any atom is 0.159 e. The van der Waals surface area contributed by atoms with Crippen molar-refractivity contribution in [3.05, 3.63) is 36.0 Å². The van der Waals surface area contributed by atoms with Crippen molar-refractivity contribution in [2.75, 3.05) is 0 Å². The van der Waals surface area contributed by atoms with E-state index in [9.17, 15) is 9.90 Å². The number of Topliss-reactive ketones (excluding diaryl/α,β-unsaturated/α-hetero) is 1. The Morgan fingerprint density at radius 1 is 1.52 bits per heavy atom. The number of ketones is 1. The molecule has 0 aromatic rings. The SMILES string of the molecule is C=CC(C)(CCC)C(O)C(=C)C12CCC(=O)C1=C(C)C(C)CC2. The molecule has 128 valence electrons. The number of fused-ring (bicyclic) bond motifs is 1. The van der Waals surface area contributed by atoms with Crippen LogP contribution >= 0.6 is 0 Å². The molecule has 1 saturated carbocycles. The minimum absolute atomic E-state index is 0.262. The maximum absolute atomic E-state index is 12.5. The Kier molecular flexibility index (Phi) is 5.06. The predicted molar refractivity (Wildman–Crippen MR) is 96.1 cm³/mol. The third kappa shape index (κ3) is 2.76. The van der Waals surface area contributed by atoms with Crippen molar-refractivity contribution in [3.63, 3.8) is 0 Å². The first-order chi connectivity index (χ1) is 10.7. The Morgan fingerprint density at radius 2 is 2.17 bits per heavy atom. The molecule has 2 nitrogen and oxygen atoms in total. The van der Waals surface area contributed by atoms with E-state index < -0.39 is 6.10 Å². The van der Waals surface area contributed by atoms with Crippen LogP contribution < -0.4 is 0 Å². The van der Waals surface area contributed by atoms with Gasteiger partial charge in [0.1, 0.15) is 0 Å². The second-order valence-electron chi connectivity index (χ2n) is 7.89. The summed E-state index contributed by atoms with van der Waals surface area (Å²) in [6.07, 6.45) is 6.45. The van der Waals surface area contributed by atoms with E-state index in [1.54, 1.807) is 0 Å². The molecular weight excluding hydrogens is 284 g/mol. The fourth-order valence-corrected chi connectivity index (χ4v) is 4.65. The summed E-state index contributed by atoms with van der Waals surface area (Å²) in [6.45, 7) is 16.7. The number of aliphatic hydroxyl groups is 1. The molecule has 0 bridgehead atoms. The van der Waals surface area contributed by atoms with Gasteiger partial charge in [-0.05, 0) is 44.1 Å². The highest BCUT2D eigenvalue weighted by Gasteiger charge is 2.51. The van der Waals surface area contributed by atoms with Crippen LogP contribution in [0.2, 0.25) is 0 Å². The molecule has 1 fully saturated rings. The molecule has 2 heteroatoms. The highest BCUT2D eigenvalue weighted by Crippen LogP contribution is 2.57. The molecule has 0 saturated heterocycles. The quantitative estimate of drug-likeness (QED) is 0.701. The lowest BCUT2D eigenvalue weighted by Gasteiger charge is -2.44. The molecule has 0 heterocycles. The number of hydrogen-bond acceptors (Lipinski definition) is 2. The molecule has 0 radical (unpaired) electrons. The number of rotatable bonds is 6. The maximum atomic E-state index is 12.5. The van der Waals surface area contributed by atoms with E-state index in [0.29, 0.717) is 12.3 Å². The van der Waals surface area contributed by atoms with E-state index in [-0.39, 0.29) is 16.6 Å². The van der Waals surface area contributed by atoms with Crippen LogP contribution in [0, 0.1) is 16.7 Å². The number of hydrogen-bond donors (Lipinski definition) is 1. The zero-order chi connectivity index (χ0) is 17.4. The van der Waals surface area contributed by atoms with E-state index >= 15 is 0 Å². The van der Waals surface area contributed by atoms with Gasteiger partial charge < -0.3 is 5.11 Å². The van der Waals surface area contributed by atoms with Crippen LogP contribution in [0.3, 0.4) is 0 Å². The van der Waals surface area contributed by atoms with Gasteiger partial charge in [-0.1, -0.05) is 45.4 Å². The van der Waals surface area contributed by atoms with E-state index in [2.05, 4.69) is 40.9 Å². The van der Waals surface area contributed by atoms with Gasteiger partial charge >= 0.3 is 0 Å². The average molecular weight is 316 g/mol. The Hall–Kier alpha value is -1.15. The minimum Gasteiger partial charge on any atom is -0.388 e. The fraction of sp³-hybridized carbons (Fsp3) is 0.667. The van der Waals surface area contributed by atoms with Gasteiger partial charge in [-0.15, -0.1) is 6.58 Å². The van der Waals surface area contributed by atoms with Gasteiger partial charge in [0.15, 0.2) is 5.78 Å². The Morgan fingerprint density at radius 3 is 2.74 bits per heavy atom. The smallest absolute Gasteiger partial charge is 0.159 e. The molecule has 4 atom stereocenters. The molecule has 0 amide bonds. The Labute approximate surface area is 141 Å². The normalized spacial score (nSPS) is 31.5. The topological polar surface area (TPSA) is 37.3 Å². The molecule has 2 aliphatic carbocycles. The lowest BCUT2D eigenvalue weighted by atomic mass is 9.61. The van der Waals surface area contributed by atoms with Gasteiger partial charge in [-0.3, -0.25) is 4.79 Å². The summed E-state index contributed by atoms with van der Waals surface area (Å²) in [7, 11) is 0. The molecule has 2 aliphatic rings. The largest absolute Gasteiger partial charge is 0.388 e. The van der Waals surface area contributed by atoms with E-state index in [1.807, 2.05) is 6.08 Å². The lowest BCUT2D eigenvalue weighted by molar-refractivity contribution is -0.114. The van der Waals surface area contributed by atoms with Crippen molar-refractivity contribution in [3.8, 4) is 0 Å². The second-order valence-corrected chi connectivity index (χ2v) is 7.89. The summed E-state index contributed by atoms with van der Waals surface area (Å²) in [6, 6.07) is 0. The first-order valence-electron chi connectivity index (χ1n) is 8.99. The van der Waals surface area contributed by atoms with E-state index in [1.165, 1.54) is 5.57 Å². The van der Waals surface area contributed by atoms with Gasteiger partial charge in [0.25, 0.3) is 0 Å². The minimum atomic E-state index is -0.651. The summed E-state index contributed by atoms with van der Waals surface area (Å²) in [5, 5.41) is 11.1. The average Bonchev–Trinajstić information content (AvgIpc) is 2.88. The summed E-state index contributed by atoms with van der Waals surface area (Å²) < 4.78 is 0. The van der Waals surface area contributed by atoms with Crippen molar-refractivity contribution >= 4 is 5.78 Å². The Balaban J connectivity index is 2.45. The van der Waals surface area contributed by atoms with Crippen molar-refractivity contribution < 1.29 is 9.90 Å². The zero-order valence-electron chi connectivity index (χ0n) is 15.2. The number of carbonyl (C=O) groups excluding carboxylic acids is 1. The van der Waals surface area contributed by atoms with Crippen LogP contribution in [-0.2, 0) is 4.79 Å². The van der Waals surface area contributed by atoms with Crippen molar-refractivity contribution in [1.82, 2.24) is 0 Å². The number of allylic oxidation sites excluding steroid dienone is 2. The van der Waals surface area contributed by atoms with Gasteiger partial charge in [-0.2, -0.15) is 0 Å². The van der Waals surface area contributed by atoms with Crippen LogP contribution in [0.15, 0.2) is 36.0 Å². The first kappa shape index (κ1) is 18.2. The highest BCUT2D eigenvalue weighted by atomic mass is 16.3. The van der Waals surface area contributed by atoms with Crippen molar-refractivity contribution in [1.29, 1.82) is 0 Å². The Bertz CT molecular complexity index is 556. The lowest BCUT2D eigenvalue weighted by Crippen LogP contribution is -2.40. The molecule has 1 N–H and O–H groups in total. The molecule has 23 heavy (non-hydrogen) atoms. The molecule has 0 aromatic carbocycles. The standard InChI is InChI=1S/C21H32O2/c1-7-11-20(6,8-2)19(23)16(5)21-12-9-14(3)15(4)18(21)17(22)10-13-21/h8,14,19,23H,2,5,7,9-13H2,1,3-4,6H3. The second kappa shape index (κ2) is 6.39. The number of carbonyl (C=O) groups is 1. The molecule has 4 unspecified atom stereocenters. The van der Waals surface area contributed by atoms with Crippen molar-refractivity contribution in [2.45, 2.75) is 72.3 Å². The zero-order valence-corrected chi connectivity index (χ0v) is 15.2. The molecule has 0 aliphatic heterocycles. The summed E-state index contributed by atoms with van der Waals surface area (Å²) >= 11 is 0. The van der Waals surface area contributed by atoms with Gasteiger partial charge in [0.05, 0.1) is 6.10 Å². The fourth-order valence-electron chi connectivity index (χ4n) is 4.65. The van der Waals surface area contributed by atoms with Crippen LogP contribution in [0.1, 0.15) is 66.2 Å². The van der Waals surface area contributed by atoms with Gasteiger partial charge in [-0.25, -0.2) is 0 Å². The third-order valence-corrected chi connectivity index (χ3v) is 6.50. The van der Waals surface area contributed by atoms with Crippen LogP contribution in [-0.4, -0.2) is 17.0 Å². The summed E-state index contributed by atoms with van der Waals surface area (Å²) in [5.74, 6) is 0.713. The monoisotopic (exact) mass is 316 g/mol. The van der Waals surface area contributed by atoms with Crippen LogP contribution in [0.25, 0.3) is 0 Å². The van der Waals surface area contributed by atoms with E-state index in [0.717, 1.165) is 43.3 Å². The summed E-state index contributed by atoms with van der Waals surface area (Å²) in [5.41, 5.74) is 2.31. The molecule has 0 spiro atoms. The first-order valence-corrected chi connectivity index (χ1v) is 8.99. The van der Waals surface area contributed by atoms with Gasteiger partial charge in [0.2, 0.25) is 0 Å². The number of aliphatic hydroxyl groups excluding tert-OH is 1. The molecular formula is C21H32O2. The molecule has 2 rings (SSSR count). The molecule has 0 aromatic heterocycles. The van der Waals surface area contributed by atoms with Crippen molar-refractivity contribution in [2.24, 2.45) is 16.7 Å². The highest BCUT2D eigenvalue weighted by molar-refractivity contribution is 6.01. The predicted octanol–water partition coefficient (Wildman–Crippen LogP) is 4.99. The van der Waals surface area contributed by atoms with Gasteiger partial charge in [0, 0.05) is 22.8 Å². The van der Waals surface area contributed by atoms with Crippen LogP contribution in [0.5, 0.6) is 0 Å². The third-order valence-electron chi connectivity index (χ3n) is 6.50. The van der Waals surface area contributed by atoms with E-state index in [4.69, 9.17) is 0 Å². The van der Waals surface area contributed by atoms with Crippen LogP contribution in [0.4, 0.5) is 0 Å². The summed E-state index contributed by atoms with van der Waals surface area (Å²) in [4.78, 5) is 12.5.